The third kappa shape index (κ3) is 3.78. The number of amides is 3. The Labute approximate surface area is 109 Å². The van der Waals surface area contributed by atoms with E-state index in [9.17, 15) is 32.3 Å². The van der Waals surface area contributed by atoms with Crippen LogP contribution in [0.15, 0.2) is 12.2 Å². The Bertz CT molecular complexity index is 470. The van der Waals surface area contributed by atoms with E-state index < -0.39 is 48.0 Å². The molecule has 1 heterocycles. The highest BCUT2D eigenvalue weighted by atomic mass is 19.4. The van der Waals surface area contributed by atoms with Crippen LogP contribution < -0.4 is 5.84 Å². The second-order valence-electron chi connectivity index (χ2n) is 3.51. The zero-order valence-electron chi connectivity index (χ0n) is 9.72. The average Bonchev–Trinajstić information content (AvgIpc) is 2.65. The SMILES string of the molecule is NN(OC(=O)C(F)(F)F)C(=O)CCN1C(=O)C=CC1=O. The number of nitrogens with two attached hydrogens (primary N) is 1. The lowest BCUT2D eigenvalue weighted by Crippen LogP contribution is -2.44. The van der Waals surface area contributed by atoms with Crippen molar-refractivity contribution in [3.8, 4) is 0 Å². The third-order valence-electron chi connectivity index (χ3n) is 2.11. The van der Waals surface area contributed by atoms with Gasteiger partial charge < -0.3 is 4.84 Å². The Hall–Kier alpha value is -2.43. The molecule has 2 N–H and O–H groups in total. The van der Waals surface area contributed by atoms with E-state index in [2.05, 4.69) is 4.84 Å². The molecule has 0 fully saturated rings. The van der Waals surface area contributed by atoms with Crippen LogP contribution in [0, 0.1) is 0 Å². The zero-order valence-corrected chi connectivity index (χ0v) is 9.72. The summed E-state index contributed by atoms with van der Waals surface area (Å²) in [5, 5.41) is -0.395. The minimum absolute atomic E-state index is 0.395. The smallest absolute Gasteiger partial charge is 0.313 e. The number of hydrogen-bond donors (Lipinski definition) is 1. The quantitative estimate of drug-likeness (QED) is 0.310. The van der Waals surface area contributed by atoms with Crippen LogP contribution in [-0.4, -0.2) is 46.5 Å². The molecule has 0 radical (unpaired) electrons. The van der Waals surface area contributed by atoms with Crippen LogP contribution in [0.25, 0.3) is 0 Å². The molecule has 20 heavy (non-hydrogen) atoms. The van der Waals surface area contributed by atoms with Crippen LogP contribution in [0.2, 0.25) is 0 Å². The Morgan fingerprint density at radius 3 is 2.20 bits per heavy atom. The number of nitrogens with zero attached hydrogens (tertiary/aromatic N) is 2. The second-order valence-corrected chi connectivity index (χ2v) is 3.51. The summed E-state index contributed by atoms with van der Waals surface area (Å²) in [5.74, 6) is -0.407. The number of carbonyl (C=O) groups excluding carboxylic acids is 4. The summed E-state index contributed by atoms with van der Waals surface area (Å²) in [6, 6.07) is 0. The van der Waals surface area contributed by atoms with Crippen LogP contribution >= 0.6 is 0 Å². The summed E-state index contributed by atoms with van der Waals surface area (Å²) >= 11 is 0. The van der Waals surface area contributed by atoms with E-state index in [0.717, 1.165) is 12.2 Å². The van der Waals surface area contributed by atoms with Crippen molar-refractivity contribution in [1.82, 2.24) is 10.1 Å². The lowest BCUT2D eigenvalue weighted by molar-refractivity contribution is -0.238. The predicted octanol–water partition coefficient (Wildman–Crippen LogP) is -0.976. The van der Waals surface area contributed by atoms with Crippen molar-refractivity contribution < 1.29 is 37.2 Å². The van der Waals surface area contributed by atoms with Crippen molar-refractivity contribution in [2.45, 2.75) is 12.6 Å². The summed E-state index contributed by atoms with van der Waals surface area (Å²) in [5.41, 5.74) is 0. The lowest BCUT2D eigenvalue weighted by atomic mass is 10.3. The largest absolute Gasteiger partial charge is 0.493 e. The van der Waals surface area contributed by atoms with Gasteiger partial charge in [0.15, 0.2) is 0 Å². The molecule has 0 aromatic carbocycles. The van der Waals surface area contributed by atoms with E-state index in [1.807, 2.05) is 0 Å². The summed E-state index contributed by atoms with van der Waals surface area (Å²) < 4.78 is 35.5. The first kappa shape index (κ1) is 15.6. The predicted molar refractivity (Wildman–Crippen MR) is 53.7 cm³/mol. The molecule has 3 amide bonds. The number of carbonyl (C=O) groups is 4. The normalized spacial score (nSPS) is 14.7. The molecule has 0 aromatic rings. The highest BCUT2D eigenvalue weighted by Crippen LogP contribution is 2.16. The molecule has 1 rings (SSSR count). The first-order valence-corrected chi connectivity index (χ1v) is 5.03. The van der Waals surface area contributed by atoms with Crippen molar-refractivity contribution in [2.75, 3.05) is 6.54 Å². The molecule has 8 nitrogen and oxygen atoms in total. The molecule has 11 heteroatoms. The highest BCUT2D eigenvalue weighted by molar-refractivity contribution is 6.13. The maximum absolute atomic E-state index is 11.8. The maximum atomic E-state index is 11.8. The van der Waals surface area contributed by atoms with Gasteiger partial charge in [0.2, 0.25) is 0 Å². The first-order valence-electron chi connectivity index (χ1n) is 5.03. The zero-order chi connectivity index (χ0) is 15.5. The molecule has 0 aromatic heterocycles. The number of hydrogen-bond acceptors (Lipinski definition) is 6. The molecule has 0 aliphatic carbocycles. The molecule has 0 unspecified atom stereocenters. The molecular weight excluding hydrogens is 287 g/mol. The number of rotatable bonds is 3. The molecule has 0 bridgehead atoms. The van der Waals surface area contributed by atoms with Crippen molar-refractivity contribution in [1.29, 1.82) is 0 Å². The molecule has 0 saturated heterocycles. The molecule has 0 saturated carbocycles. The average molecular weight is 295 g/mol. The van der Waals surface area contributed by atoms with Crippen molar-refractivity contribution in [3.63, 3.8) is 0 Å². The van der Waals surface area contributed by atoms with Gasteiger partial charge in [0, 0.05) is 25.1 Å². The molecule has 110 valence electrons. The van der Waals surface area contributed by atoms with E-state index in [1.54, 1.807) is 0 Å². The number of imide groups is 1. The third-order valence-corrected chi connectivity index (χ3v) is 2.11. The van der Waals surface area contributed by atoms with E-state index in [1.165, 1.54) is 0 Å². The Kier molecular flexibility index (Phi) is 4.45. The van der Waals surface area contributed by atoms with Crippen LogP contribution in [-0.2, 0) is 24.0 Å². The van der Waals surface area contributed by atoms with E-state index in [4.69, 9.17) is 5.84 Å². The Morgan fingerprint density at radius 1 is 1.25 bits per heavy atom. The van der Waals surface area contributed by atoms with Gasteiger partial charge in [-0.15, -0.1) is 5.17 Å². The van der Waals surface area contributed by atoms with E-state index in [-0.39, 0.29) is 0 Å². The van der Waals surface area contributed by atoms with Gasteiger partial charge in [-0.1, -0.05) is 0 Å². The highest BCUT2D eigenvalue weighted by Gasteiger charge is 2.43. The Balaban J connectivity index is 2.45. The van der Waals surface area contributed by atoms with Gasteiger partial charge in [-0.25, -0.2) is 10.6 Å². The fraction of sp³-hybridized carbons (Fsp3) is 0.333. The van der Waals surface area contributed by atoms with Crippen molar-refractivity contribution >= 4 is 23.7 Å². The molecule has 1 aliphatic heterocycles. The van der Waals surface area contributed by atoms with Crippen LogP contribution in [0.3, 0.4) is 0 Å². The monoisotopic (exact) mass is 295 g/mol. The first-order chi connectivity index (χ1) is 9.12. The minimum atomic E-state index is -5.30. The van der Waals surface area contributed by atoms with Gasteiger partial charge >= 0.3 is 12.1 Å². The van der Waals surface area contributed by atoms with Gasteiger partial charge in [0.1, 0.15) is 0 Å². The summed E-state index contributed by atoms with van der Waals surface area (Å²) in [4.78, 5) is 48.1. The van der Waals surface area contributed by atoms with E-state index in [0.29, 0.717) is 4.90 Å². The fourth-order valence-corrected chi connectivity index (χ4v) is 1.16. The minimum Gasteiger partial charge on any atom is -0.313 e. The molecule has 0 spiro atoms. The number of hydrazine groups is 1. The summed E-state index contributed by atoms with van der Waals surface area (Å²) in [6.07, 6.45) is -3.96. The van der Waals surface area contributed by atoms with Crippen LogP contribution in [0.5, 0.6) is 0 Å². The summed E-state index contributed by atoms with van der Waals surface area (Å²) in [7, 11) is 0. The van der Waals surface area contributed by atoms with Gasteiger partial charge in [-0.3, -0.25) is 19.3 Å². The number of hydroxylamine groups is 1. The maximum Gasteiger partial charge on any atom is 0.493 e. The summed E-state index contributed by atoms with van der Waals surface area (Å²) in [6.45, 7) is -0.402. The topological polar surface area (TPSA) is 110 Å². The molecular formula is C9H8F3N3O5. The lowest BCUT2D eigenvalue weighted by Gasteiger charge is -2.18. The van der Waals surface area contributed by atoms with Gasteiger partial charge in [-0.2, -0.15) is 13.2 Å². The van der Waals surface area contributed by atoms with Crippen molar-refractivity contribution in [3.05, 3.63) is 12.2 Å². The molecule has 0 atom stereocenters. The molecule has 1 aliphatic rings. The fourth-order valence-electron chi connectivity index (χ4n) is 1.16. The van der Waals surface area contributed by atoms with Gasteiger partial charge in [0.25, 0.3) is 17.7 Å². The number of alkyl halides is 3. The van der Waals surface area contributed by atoms with Gasteiger partial charge in [0.05, 0.1) is 0 Å². The van der Waals surface area contributed by atoms with Crippen LogP contribution in [0.1, 0.15) is 6.42 Å². The number of halogens is 3. The van der Waals surface area contributed by atoms with Crippen LogP contribution in [0.4, 0.5) is 13.2 Å². The van der Waals surface area contributed by atoms with Gasteiger partial charge in [-0.05, 0) is 0 Å². The second kappa shape index (κ2) is 5.69. The van der Waals surface area contributed by atoms with E-state index >= 15 is 0 Å². The Morgan fingerprint density at radius 2 is 1.75 bits per heavy atom. The van der Waals surface area contributed by atoms with Crippen molar-refractivity contribution in [2.24, 2.45) is 5.84 Å². The standard InChI is InChI=1S/C9H8F3N3O5/c10-9(11,12)8(19)20-15(13)7(18)3-4-14-5(16)1-2-6(14)17/h1-2H,3-4,13H2.